The summed E-state index contributed by atoms with van der Waals surface area (Å²) in [6, 6.07) is -3.48. The minimum atomic E-state index is -5.09. The zero-order valence-corrected chi connectivity index (χ0v) is 19.7. The molecule has 0 unspecified atom stereocenters. The molecule has 1 fully saturated rings. The van der Waals surface area contributed by atoms with Gasteiger partial charge in [0.05, 0.1) is 6.61 Å². The van der Waals surface area contributed by atoms with E-state index in [4.69, 9.17) is 16.3 Å². The first-order valence-electron chi connectivity index (χ1n) is 9.26. The number of carbonyl (C=O) groups is 4. The summed E-state index contributed by atoms with van der Waals surface area (Å²) in [5.41, 5.74) is -0.485. The Morgan fingerprint density at radius 3 is 2.67 bits per heavy atom. The molecule has 1 aromatic heterocycles. The Morgan fingerprint density at radius 1 is 1.39 bits per heavy atom. The van der Waals surface area contributed by atoms with Crippen molar-refractivity contribution >= 4 is 67.8 Å². The number of halogens is 1. The molecular weight excluding hydrogens is 506 g/mol. The molecule has 0 bridgehead atoms. The summed E-state index contributed by atoms with van der Waals surface area (Å²) in [4.78, 5) is 57.4. The predicted molar refractivity (Wildman–Crippen MR) is 115 cm³/mol. The Balaban J connectivity index is 2.23. The quantitative estimate of drug-likeness (QED) is 0.0645. The van der Waals surface area contributed by atoms with Crippen LogP contribution in [0, 0.1) is 0 Å². The van der Waals surface area contributed by atoms with Crippen molar-refractivity contribution in [3.8, 4) is 0 Å². The number of hydrogen-bond donors (Lipinski definition) is 3. The minimum Gasteiger partial charge on any atom is -0.464 e. The number of esters is 1. The maximum atomic E-state index is 12.8. The summed E-state index contributed by atoms with van der Waals surface area (Å²) in [7, 11) is -3.95. The van der Waals surface area contributed by atoms with Crippen molar-refractivity contribution in [3.63, 3.8) is 0 Å². The molecular formula is C16H20ClN5O9S2. The van der Waals surface area contributed by atoms with E-state index in [9.17, 15) is 32.1 Å². The van der Waals surface area contributed by atoms with Gasteiger partial charge in [-0.2, -0.15) is 12.7 Å². The Labute approximate surface area is 197 Å². The van der Waals surface area contributed by atoms with Crippen LogP contribution in [0.1, 0.15) is 25.5 Å². The number of aromatic nitrogens is 1. The number of carbonyl (C=O) groups excluding carboxylic acids is 4. The predicted octanol–water partition coefficient (Wildman–Crippen LogP) is -0.487. The van der Waals surface area contributed by atoms with Gasteiger partial charge in [-0.05, 0) is 6.42 Å². The fraction of sp³-hybridized carbons (Fsp3) is 0.500. The number of nitrogens with zero attached hydrogens (tertiary/aromatic N) is 3. The Morgan fingerprint density at radius 2 is 2.09 bits per heavy atom. The maximum absolute atomic E-state index is 12.8. The molecule has 0 aromatic carbocycles. The molecule has 2 heterocycles. The molecule has 0 radical (unpaired) electrons. The highest BCUT2D eigenvalue weighted by molar-refractivity contribution is 7.84. The van der Waals surface area contributed by atoms with Crippen molar-refractivity contribution in [3.05, 3.63) is 11.1 Å². The molecule has 2 atom stereocenters. The van der Waals surface area contributed by atoms with Crippen molar-refractivity contribution in [2.24, 2.45) is 5.16 Å². The van der Waals surface area contributed by atoms with Gasteiger partial charge in [-0.15, -0.1) is 22.9 Å². The number of nitrogens with one attached hydrogen (secondary N) is 2. The van der Waals surface area contributed by atoms with Crippen molar-refractivity contribution in [1.29, 1.82) is 0 Å². The largest absolute Gasteiger partial charge is 0.464 e. The fourth-order valence-electron chi connectivity index (χ4n) is 2.59. The molecule has 3 amide bonds. The second-order valence-electron chi connectivity index (χ2n) is 6.37. The van der Waals surface area contributed by atoms with E-state index in [1.807, 2.05) is 6.92 Å². The van der Waals surface area contributed by atoms with Gasteiger partial charge in [-0.1, -0.05) is 18.5 Å². The standard InChI is InChI=1S/C16H20ClN5O9S2/c1-3-4-5-31-15(26)12-11(14(25)22(12)33(27,28)29)20-13(24)10(21-30-2)8-7-32-16(18-8)19-9(23)6-17/h7,11-12H,3-6H2,1-2H3,(H,20,24)(H,18,19,23)(H,27,28,29)/t11-,12-/m0/s1. The van der Waals surface area contributed by atoms with E-state index in [0.717, 1.165) is 18.4 Å². The number of alkyl halides is 1. The highest BCUT2D eigenvalue weighted by Gasteiger charge is 2.58. The average molecular weight is 526 g/mol. The van der Waals surface area contributed by atoms with Crippen LogP contribution in [-0.4, -0.2) is 83.3 Å². The maximum Gasteiger partial charge on any atom is 0.363 e. The van der Waals surface area contributed by atoms with Crippen LogP contribution >= 0.6 is 22.9 Å². The Hall–Kier alpha value is -2.82. The van der Waals surface area contributed by atoms with Gasteiger partial charge in [-0.3, -0.25) is 18.9 Å². The van der Waals surface area contributed by atoms with Crippen molar-refractivity contribution in [1.82, 2.24) is 14.6 Å². The topological polar surface area (TPSA) is 194 Å². The molecule has 0 saturated carbocycles. The number of hydrogen-bond acceptors (Lipinski definition) is 11. The van der Waals surface area contributed by atoms with Gasteiger partial charge in [0.15, 0.2) is 16.9 Å². The van der Waals surface area contributed by atoms with Crippen LogP contribution in [0.5, 0.6) is 0 Å². The number of oxime groups is 1. The molecule has 3 N–H and O–H groups in total. The van der Waals surface area contributed by atoms with E-state index >= 15 is 0 Å². The number of rotatable bonds is 11. The second kappa shape index (κ2) is 11.4. The van der Waals surface area contributed by atoms with E-state index in [1.54, 1.807) is 0 Å². The Bertz CT molecular complexity index is 1060. The zero-order chi connectivity index (χ0) is 24.8. The van der Waals surface area contributed by atoms with E-state index < -0.39 is 51.8 Å². The lowest BCUT2D eigenvalue weighted by atomic mass is 9.98. The normalized spacial score (nSPS) is 18.4. The van der Waals surface area contributed by atoms with E-state index in [-0.39, 0.29) is 27.6 Å². The van der Waals surface area contributed by atoms with Gasteiger partial charge in [0, 0.05) is 5.38 Å². The summed E-state index contributed by atoms with van der Waals surface area (Å²) in [5, 5.41) is 9.55. The lowest BCUT2D eigenvalue weighted by molar-refractivity contribution is -0.164. The number of thiazole rings is 1. The first-order valence-corrected chi connectivity index (χ1v) is 12.1. The number of amides is 3. The molecule has 17 heteroatoms. The third kappa shape index (κ3) is 6.37. The number of β-lactam (4-membered cyclic amide) rings is 1. The molecule has 1 saturated heterocycles. The van der Waals surface area contributed by atoms with E-state index in [2.05, 4.69) is 25.6 Å². The Kier molecular flexibility index (Phi) is 9.09. The third-order valence-corrected chi connectivity index (χ3v) is 5.99. The van der Waals surface area contributed by atoms with Crippen LogP contribution in [-0.2, 0) is 39.1 Å². The SMILES string of the molecule is CCCCOC(=O)[C@@H]1[C@H](NC(=O)C(=NOC)c2csc(NC(=O)CCl)n2)C(=O)N1S(=O)(=O)O. The smallest absolute Gasteiger partial charge is 0.363 e. The first kappa shape index (κ1) is 26.4. The van der Waals surface area contributed by atoms with Crippen LogP contribution < -0.4 is 10.6 Å². The lowest BCUT2D eigenvalue weighted by Gasteiger charge is -2.42. The van der Waals surface area contributed by atoms with Gasteiger partial charge in [0.25, 0.3) is 11.8 Å². The van der Waals surface area contributed by atoms with Gasteiger partial charge in [0.2, 0.25) is 5.91 Å². The number of anilines is 1. The monoisotopic (exact) mass is 525 g/mol. The molecule has 182 valence electrons. The van der Waals surface area contributed by atoms with Crippen molar-refractivity contribution in [2.45, 2.75) is 31.8 Å². The van der Waals surface area contributed by atoms with Crippen LogP contribution in [0.2, 0.25) is 0 Å². The first-order chi connectivity index (χ1) is 15.5. The highest BCUT2D eigenvalue weighted by atomic mass is 35.5. The van der Waals surface area contributed by atoms with Gasteiger partial charge in [0.1, 0.15) is 24.7 Å². The highest BCUT2D eigenvalue weighted by Crippen LogP contribution is 2.25. The molecule has 14 nitrogen and oxygen atoms in total. The van der Waals surface area contributed by atoms with Gasteiger partial charge < -0.3 is 20.2 Å². The van der Waals surface area contributed by atoms with E-state index in [1.165, 1.54) is 5.38 Å². The van der Waals surface area contributed by atoms with Crippen LogP contribution in [0.3, 0.4) is 0 Å². The van der Waals surface area contributed by atoms with Crippen LogP contribution in [0.25, 0.3) is 0 Å². The summed E-state index contributed by atoms with van der Waals surface area (Å²) < 4.78 is 37.2. The van der Waals surface area contributed by atoms with Gasteiger partial charge in [-0.25, -0.2) is 9.78 Å². The summed E-state index contributed by atoms with van der Waals surface area (Å²) in [6.07, 6.45) is 1.16. The molecule has 33 heavy (non-hydrogen) atoms. The fourth-order valence-corrected chi connectivity index (χ4v) is 4.21. The molecule has 1 aliphatic heterocycles. The molecule has 0 spiro atoms. The minimum absolute atomic E-state index is 0.0496. The van der Waals surface area contributed by atoms with Gasteiger partial charge >= 0.3 is 16.3 Å². The summed E-state index contributed by atoms with van der Waals surface area (Å²) >= 11 is 6.36. The second-order valence-corrected chi connectivity index (χ2v) is 8.79. The lowest BCUT2D eigenvalue weighted by Crippen LogP contribution is -2.75. The third-order valence-electron chi connectivity index (χ3n) is 4.08. The molecule has 1 aromatic rings. The summed E-state index contributed by atoms with van der Waals surface area (Å²) in [6.45, 7) is 1.78. The van der Waals surface area contributed by atoms with Crippen LogP contribution in [0.15, 0.2) is 10.5 Å². The van der Waals surface area contributed by atoms with Crippen molar-refractivity contribution in [2.75, 3.05) is 24.9 Å². The number of ether oxygens (including phenoxy) is 1. The van der Waals surface area contributed by atoms with E-state index in [0.29, 0.717) is 12.8 Å². The molecule has 1 aliphatic rings. The number of unbranched alkanes of at least 4 members (excludes halogenated alkanes) is 1. The molecule has 2 rings (SSSR count). The average Bonchev–Trinajstić information content (AvgIpc) is 3.20. The van der Waals surface area contributed by atoms with Crippen molar-refractivity contribution < 1.29 is 41.7 Å². The molecule has 0 aliphatic carbocycles. The zero-order valence-electron chi connectivity index (χ0n) is 17.3. The van der Waals surface area contributed by atoms with Crippen LogP contribution in [0.4, 0.5) is 5.13 Å². The summed E-state index contributed by atoms with van der Waals surface area (Å²) in [5.74, 6) is -4.29.